The molecule has 1 atom stereocenters. The molecule has 0 aliphatic carbocycles. The van der Waals surface area contributed by atoms with Gasteiger partial charge in [-0.25, -0.2) is 4.98 Å². The lowest BCUT2D eigenvalue weighted by molar-refractivity contribution is -0.195. The van der Waals surface area contributed by atoms with Crippen molar-refractivity contribution in [2.75, 3.05) is 5.75 Å². The molecular weight excluding hydrogens is 233 g/mol. The van der Waals surface area contributed by atoms with Crippen molar-refractivity contribution in [3.8, 4) is 0 Å². The fraction of sp³-hybridized carbons (Fsp3) is 0.429. The molecule has 0 aromatic carbocycles. The number of rotatable bonds is 3. The van der Waals surface area contributed by atoms with Gasteiger partial charge in [0.2, 0.25) is 0 Å². The fourth-order valence-electron chi connectivity index (χ4n) is 0.678. The average molecular weight is 240 g/mol. The molecule has 1 aromatic rings. The van der Waals surface area contributed by atoms with Crippen molar-refractivity contribution < 1.29 is 18.3 Å². The summed E-state index contributed by atoms with van der Waals surface area (Å²) in [5, 5.41) is 8.70. The van der Waals surface area contributed by atoms with Crippen LogP contribution in [0.1, 0.15) is 0 Å². The summed E-state index contributed by atoms with van der Waals surface area (Å²) in [6, 6.07) is 1.14. The highest BCUT2D eigenvalue weighted by Crippen LogP contribution is 2.24. The summed E-state index contributed by atoms with van der Waals surface area (Å²) in [6.45, 7) is 0. The highest BCUT2D eigenvalue weighted by Gasteiger charge is 2.38. The predicted octanol–water partition coefficient (Wildman–Crippen LogP) is 0.785. The first-order valence-electron chi connectivity index (χ1n) is 3.82. The van der Waals surface area contributed by atoms with E-state index in [1.807, 2.05) is 0 Å². The van der Waals surface area contributed by atoms with E-state index in [0.717, 1.165) is 6.07 Å². The minimum Gasteiger partial charge on any atom is -0.383 e. The first-order chi connectivity index (χ1) is 6.89. The van der Waals surface area contributed by atoms with Crippen molar-refractivity contribution in [1.29, 1.82) is 0 Å². The Morgan fingerprint density at radius 2 is 2.27 bits per heavy atom. The molecule has 1 aromatic heterocycles. The minimum atomic E-state index is -4.65. The highest BCUT2D eigenvalue weighted by molar-refractivity contribution is 7.99. The average Bonchev–Trinajstić information content (AvgIpc) is 2.12. The number of aliphatic hydroxyl groups is 1. The minimum absolute atomic E-state index is 0.0470. The lowest BCUT2D eigenvalue weighted by Crippen LogP contribution is -2.30. The molecule has 84 valence electrons. The van der Waals surface area contributed by atoms with Crippen LogP contribution >= 0.6 is 11.8 Å². The van der Waals surface area contributed by atoms with Crippen LogP contribution < -0.4 is 5.56 Å². The van der Waals surface area contributed by atoms with E-state index in [-0.39, 0.29) is 5.16 Å². The Labute approximate surface area is 86.5 Å². The molecule has 1 unspecified atom stereocenters. The number of hydrogen-bond donors (Lipinski definition) is 2. The maximum atomic E-state index is 11.9. The maximum Gasteiger partial charge on any atom is 0.415 e. The van der Waals surface area contributed by atoms with Crippen LogP contribution in [0.25, 0.3) is 0 Å². The third-order valence-corrected chi connectivity index (χ3v) is 2.37. The molecule has 0 aliphatic heterocycles. The summed E-state index contributed by atoms with van der Waals surface area (Å²) < 4.78 is 35.6. The van der Waals surface area contributed by atoms with Gasteiger partial charge in [0.1, 0.15) is 0 Å². The monoisotopic (exact) mass is 240 g/mol. The summed E-state index contributed by atoms with van der Waals surface area (Å²) in [5.41, 5.74) is -0.450. The first-order valence-corrected chi connectivity index (χ1v) is 4.81. The zero-order valence-electron chi connectivity index (χ0n) is 7.28. The van der Waals surface area contributed by atoms with Gasteiger partial charge in [-0.3, -0.25) is 4.79 Å². The molecule has 15 heavy (non-hydrogen) atoms. The molecule has 0 aliphatic rings. The van der Waals surface area contributed by atoms with Crippen LogP contribution in [0.3, 0.4) is 0 Å². The number of H-pyrrole nitrogens is 1. The van der Waals surface area contributed by atoms with Gasteiger partial charge in [-0.1, -0.05) is 11.8 Å². The Morgan fingerprint density at radius 3 is 2.80 bits per heavy atom. The lowest BCUT2D eigenvalue weighted by Gasteiger charge is -2.12. The second-order valence-electron chi connectivity index (χ2n) is 2.61. The quantitative estimate of drug-likeness (QED) is 0.605. The number of aromatic amines is 1. The summed E-state index contributed by atoms with van der Waals surface area (Å²) >= 11 is 0.633. The number of alkyl halides is 3. The van der Waals surface area contributed by atoms with E-state index in [4.69, 9.17) is 5.11 Å². The van der Waals surface area contributed by atoms with Crippen LogP contribution in [0.15, 0.2) is 22.2 Å². The van der Waals surface area contributed by atoms with Gasteiger partial charge >= 0.3 is 6.18 Å². The van der Waals surface area contributed by atoms with E-state index in [9.17, 15) is 18.0 Å². The molecule has 8 heteroatoms. The molecular formula is C7H7F3N2O2S. The molecule has 2 N–H and O–H groups in total. The zero-order valence-corrected chi connectivity index (χ0v) is 8.10. The first kappa shape index (κ1) is 12.1. The number of thioether (sulfide) groups is 1. The molecule has 0 bridgehead atoms. The van der Waals surface area contributed by atoms with Crippen molar-refractivity contribution in [3.05, 3.63) is 22.6 Å². The van der Waals surface area contributed by atoms with Gasteiger partial charge in [0.25, 0.3) is 5.56 Å². The Balaban J connectivity index is 2.54. The Kier molecular flexibility index (Phi) is 3.75. The predicted molar refractivity (Wildman–Crippen MR) is 47.6 cm³/mol. The smallest absolute Gasteiger partial charge is 0.383 e. The summed E-state index contributed by atoms with van der Waals surface area (Å²) in [5.74, 6) is -0.601. The van der Waals surface area contributed by atoms with E-state index in [0.29, 0.717) is 11.8 Å². The molecule has 0 fully saturated rings. The Bertz CT molecular complexity index is 379. The van der Waals surface area contributed by atoms with Crippen LogP contribution in [-0.4, -0.2) is 33.1 Å². The Morgan fingerprint density at radius 1 is 1.60 bits per heavy atom. The second-order valence-corrected chi connectivity index (χ2v) is 3.62. The van der Waals surface area contributed by atoms with Crippen molar-refractivity contribution in [2.24, 2.45) is 0 Å². The molecule has 0 amide bonds. The van der Waals surface area contributed by atoms with E-state index in [2.05, 4.69) is 9.97 Å². The number of aromatic nitrogens is 2. The lowest BCUT2D eigenvalue weighted by atomic mass is 10.4. The topological polar surface area (TPSA) is 66.0 Å². The van der Waals surface area contributed by atoms with Crippen molar-refractivity contribution in [1.82, 2.24) is 9.97 Å². The van der Waals surface area contributed by atoms with Crippen LogP contribution in [0.4, 0.5) is 13.2 Å². The van der Waals surface area contributed by atoms with Gasteiger partial charge in [-0.05, 0) is 0 Å². The largest absolute Gasteiger partial charge is 0.415 e. The molecule has 0 spiro atoms. The van der Waals surface area contributed by atoms with E-state index >= 15 is 0 Å². The van der Waals surface area contributed by atoms with Gasteiger partial charge in [0.15, 0.2) is 11.3 Å². The standard InChI is InChI=1S/C7H7F3N2O2S/c8-7(9,10)4(13)3-15-6-11-2-1-5(14)12-6/h1-2,4,13H,3H2,(H,11,12,14). The summed E-state index contributed by atoms with van der Waals surface area (Å²) in [4.78, 5) is 16.6. The number of hydrogen-bond acceptors (Lipinski definition) is 4. The summed E-state index contributed by atoms with van der Waals surface area (Å²) in [7, 11) is 0. The van der Waals surface area contributed by atoms with Gasteiger partial charge in [0.05, 0.1) is 0 Å². The number of nitrogens with zero attached hydrogens (tertiary/aromatic N) is 1. The van der Waals surface area contributed by atoms with Crippen LogP contribution in [0.5, 0.6) is 0 Å². The molecule has 1 heterocycles. The number of halogens is 3. The van der Waals surface area contributed by atoms with Crippen LogP contribution in [-0.2, 0) is 0 Å². The zero-order chi connectivity index (χ0) is 11.5. The normalized spacial score (nSPS) is 13.9. The molecule has 0 saturated heterocycles. The van der Waals surface area contributed by atoms with E-state index < -0.39 is 23.6 Å². The third-order valence-electron chi connectivity index (χ3n) is 1.40. The van der Waals surface area contributed by atoms with Crippen molar-refractivity contribution in [3.63, 3.8) is 0 Å². The fourth-order valence-corrected chi connectivity index (χ4v) is 1.49. The second kappa shape index (κ2) is 4.67. The number of aliphatic hydroxyl groups excluding tert-OH is 1. The van der Waals surface area contributed by atoms with E-state index in [1.165, 1.54) is 6.20 Å². The molecule has 1 rings (SSSR count). The third kappa shape index (κ3) is 3.92. The van der Waals surface area contributed by atoms with Crippen molar-refractivity contribution in [2.45, 2.75) is 17.4 Å². The van der Waals surface area contributed by atoms with Gasteiger partial charge in [-0.15, -0.1) is 0 Å². The van der Waals surface area contributed by atoms with Gasteiger partial charge in [0, 0.05) is 18.0 Å². The summed E-state index contributed by atoms with van der Waals surface area (Å²) in [6.07, 6.45) is -5.89. The highest BCUT2D eigenvalue weighted by atomic mass is 32.2. The van der Waals surface area contributed by atoms with E-state index in [1.54, 1.807) is 0 Å². The van der Waals surface area contributed by atoms with Crippen LogP contribution in [0.2, 0.25) is 0 Å². The van der Waals surface area contributed by atoms with Gasteiger partial charge < -0.3 is 10.1 Å². The molecule has 0 radical (unpaired) electrons. The Hall–Kier alpha value is -1.02. The van der Waals surface area contributed by atoms with Crippen molar-refractivity contribution >= 4 is 11.8 Å². The molecule has 4 nitrogen and oxygen atoms in total. The SMILES string of the molecule is O=c1ccnc(SCC(O)C(F)(F)F)[nH]1. The molecule has 0 saturated carbocycles. The van der Waals surface area contributed by atoms with Crippen LogP contribution in [0, 0.1) is 0 Å². The number of nitrogens with one attached hydrogen (secondary N) is 1. The van der Waals surface area contributed by atoms with Gasteiger partial charge in [-0.2, -0.15) is 13.2 Å². The maximum absolute atomic E-state index is 11.9.